The van der Waals surface area contributed by atoms with Crippen LogP contribution in [0.25, 0.3) is 0 Å². The van der Waals surface area contributed by atoms with Crippen LogP contribution in [0.1, 0.15) is 12.8 Å². The molecule has 9 heavy (non-hydrogen) atoms. The lowest BCUT2D eigenvalue weighted by Gasteiger charge is -2.02. The molecule has 0 aromatic rings. The van der Waals surface area contributed by atoms with Crippen molar-refractivity contribution >= 4 is 7.85 Å². The van der Waals surface area contributed by atoms with Crippen molar-refractivity contribution in [2.75, 3.05) is 0 Å². The molecule has 0 radical (unpaired) electrons. The maximum atomic E-state index is 8.46. The summed E-state index contributed by atoms with van der Waals surface area (Å²) in [5, 5.41) is 8.46. The predicted molar refractivity (Wildman–Crippen MR) is 39.6 cm³/mol. The van der Waals surface area contributed by atoms with Crippen molar-refractivity contribution in [2.45, 2.75) is 12.8 Å². The van der Waals surface area contributed by atoms with E-state index in [4.69, 9.17) is 5.26 Å². The largest absolute Gasteiger partial charge is 0.193 e. The van der Waals surface area contributed by atoms with Gasteiger partial charge in [-0.1, -0.05) is 17.6 Å². The second kappa shape index (κ2) is 2.54. The zero-order chi connectivity index (χ0) is 6.69. The normalized spacial score (nSPS) is 17.7. The van der Waals surface area contributed by atoms with Crippen LogP contribution >= 0.6 is 0 Å². The topological polar surface area (TPSA) is 23.8 Å². The molecule has 0 heterocycles. The summed E-state index contributed by atoms with van der Waals surface area (Å²) in [7, 11) is 2.02. The fourth-order valence-electron chi connectivity index (χ4n) is 0.949. The Labute approximate surface area is 56.1 Å². The SMILES string of the molecule is BC1=CCCC(C#N)=C1. The van der Waals surface area contributed by atoms with Gasteiger partial charge in [-0.2, -0.15) is 5.26 Å². The fraction of sp³-hybridized carbons (Fsp3) is 0.286. The fourth-order valence-corrected chi connectivity index (χ4v) is 0.949. The summed E-state index contributed by atoms with van der Waals surface area (Å²) in [5.41, 5.74) is 2.13. The lowest BCUT2D eigenvalue weighted by Crippen LogP contribution is -1.89. The van der Waals surface area contributed by atoms with E-state index < -0.39 is 0 Å². The average molecular weight is 117 g/mol. The van der Waals surface area contributed by atoms with Crippen molar-refractivity contribution in [1.82, 2.24) is 0 Å². The van der Waals surface area contributed by atoms with Crippen LogP contribution in [0.15, 0.2) is 23.2 Å². The number of rotatable bonds is 0. The minimum atomic E-state index is 0.912. The van der Waals surface area contributed by atoms with Gasteiger partial charge < -0.3 is 0 Å². The Balaban J connectivity index is 2.78. The molecule has 0 spiro atoms. The Hall–Kier alpha value is -0.965. The van der Waals surface area contributed by atoms with Crippen LogP contribution in [0, 0.1) is 11.3 Å². The third-order valence-corrected chi connectivity index (χ3v) is 1.43. The molecule has 44 valence electrons. The first-order valence-corrected chi connectivity index (χ1v) is 3.10. The van der Waals surface area contributed by atoms with Gasteiger partial charge in [-0.3, -0.25) is 0 Å². The van der Waals surface area contributed by atoms with Gasteiger partial charge in [0, 0.05) is 5.57 Å². The van der Waals surface area contributed by atoms with Gasteiger partial charge in [0.1, 0.15) is 7.85 Å². The molecule has 0 bridgehead atoms. The van der Waals surface area contributed by atoms with Crippen molar-refractivity contribution in [3.63, 3.8) is 0 Å². The van der Waals surface area contributed by atoms with Crippen molar-refractivity contribution in [3.8, 4) is 6.07 Å². The summed E-state index contributed by atoms with van der Waals surface area (Å²) in [4.78, 5) is 0. The van der Waals surface area contributed by atoms with E-state index >= 15 is 0 Å². The van der Waals surface area contributed by atoms with E-state index in [0.29, 0.717) is 0 Å². The molecule has 0 aliphatic heterocycles. The van der Waals surface area contributed by atoms with Gasteiger partial charge in [0.15, 0.2) is 0 Å². The number of nitriles is 1. The molecule has 0 amide bonds. The van der Waals surface area contributed by atoms with E-state index in [1.807, 2.05) is 13.9 Å². The quantitative estimate of drug-likeness (QED) is 0.429. The molecule has 0 aromatic carbocycles. The van der Waals surface area contributed by atoms with Gasteiger partial charge in [0.2, 0.25) is 0 Å². The van der Waals surface area contributed by atoms with Gasteiger partial charge in [-0.25, -0.2) is 0 Å². The zero-order valence-corrected chi connectivity index (χ0v) is 5.52. The van der Waals surface area contributed by atoms with E-state index in [1.165, 1.54) is 5.47 Å². The molecule has 0 aromatic heterocycles. The van der Waals surface area contributed by atoms with Crippen LogP contribution in [-0.4, -0.2) is 7.85 Å². The number of hydrogen-bond acceptors (Lipinski definition) is 1. The minimum Gasteiger partial charge on any atom is -0.193 e. The Kier molecular flexibility index (Phi) is 1.74. The zero-order valence-electron chi connectivity index (χ0n) is 5.52. The second-order valence-corrected chi connectivity index (χ2v) is 2.27. The van der Waals surface area contributed by atoms with Gasteiger partial charge in [0.05, 0.1) is 6.07 Å². The Morgan fingerprint density at radius 2 is 2.44 bits per heavy atom. The first-order valence-electron chi connectivity index (χ1n) is 3.10. The molecule has 1 rings (SSSR count). The molecule has 1 aliphatic rings. The highest BCUT2D eigenvalue weighted by Gasteiger charge is 1.99. The molecule has 0 atom stereocenters. The number of nitrogens with zero attached hydrogens (tertiary/aromatic N) is 1. The van der Waals surface area contributed by atoms with Crippen LogP contribution in [-0.2, 0) is 0 Å². The molecule has 1 aliphatic carbocycles. The summed E-state index contributed by atoms with van der Waals surface area (Å²) >= 11 is 0. The lowest BCUT2D eigenvalue weighted by molar-refractivity contribution is 0.990. The van der Waals surface area contributed by atoms with Crippen LogP contribution in [0.3, 0.4) is 0 Å². The van der Waals surface area contributed by atoms with Gasteiger partial charge in [-0.15, -0.1) is 0 Å². The summed E-state index contributed by atoms with van der Waals surface area (Å²) in [5.74, 6) is 0. The Bertz CT molecular complexity index is 207. The van der Waals surface area contributed by atoms with E-state index in [2.05, 4.69) is 12.1 Å². The third kappa shape index (κ3) is 1.46. The summed E-state index contributed by atoms with van der Waals surface area (Å²) in [6.45, 7) is 0. The van der Waals surface area contributed by atoms with Crippen molar-refractivity contribution < 1.29 is 0 Å². The lowest BCUT2D eigenvalue weighted by atomic mass is 9.88. The molecule has 0 unspecified atom stereocenters. The molecule has 0 saturated heterocycles. The van der Waals surface area contributed by atoms with E-state index in [0.717, 1.165) is 18.4 Å². The second-order valence-electron chi connectivity index (χ2n) is 2.27. The average Bonchev–Trinajstić information content (AvgIpc) is 1.88. The molecule has 0 fully saturated rings. The van der Waals surface area contributed by atoms with Crippen molar-refractivity contribution in [1.29, 1.82) is 5.26 Å². The van der Waals surface area contributed by atoms with Crippen LogP contribution in [0.4, 0.5) is 0 Å². The first kappa shape index (κ1) is 6.16. The molecule has 1 nitrogen and oxygen atoms in total. The van der Waals surface area contributed by atoms with E-state index in [1.54, 1.807) is 0 Å². The van der Waals surface area contributed by atoms with Gasteiger partial charge >= 0.3 is 0 Å². The standard InChI is InChI=1S/C7H8BN/c8-7-3-1-2-6(4-7)5-9/h3-4H,1-2,8H2. The highest BCUT2D eigenvalue weighted by molar-refractivity contribution is 6.23. The minimum absolute atomic E-state index is 0.912. The summed E-state index contributed by atoms with van der Waals surface area (Å²) < 4.78 is 0. The highest BCUT2D eigenvalue weighted by atomic mass is 14.2. The van der Waals surface area contributed by atoms with Crippen LogP contribution in [0.5, 0.6) is 0 Å². The van der Waals surface area contributed by atoms with E-state index in [9.17, 15) is 0 Å². The summed E-state index contributed by atoms with van der Waals surface area (Å²) in [6, 6.07) is 2.15. The van der Waals surface area contributed by atoms with Crippen LogP contribution in [0.2, 0.25) is 0 Å². The Morgan fingerprint density at radius 3 is 2.89 bits per heavy atom. The highest BCUT2D eigenvalue weighted by Crippen LogP contribution is 2.13. The molecular formula is C7H8BN. The van der Waals surface area contributed by atoms with Gasteiger partial charge in [-0.05, 0) is 12.8 Å². The van der Waals surface area contributed by atoms with Gasteiger partial charge in [0.25, 0.3) is 0 Å². The summed E-state index contributed by atoms with van der Waals surface area (Å²) in [6.07, 6.45) is 6.06. The maximum Gasteiger partial charge on any atom is 0.138 e. The number of hydrogen-bond donors (Lipinski definition) is 0. The first-order chi connectivity index (χ1) is 4.33. The molecule has 2 heteroatoms. The number of allylic oxidation sites excluding steroid dienone is 4. The van der Waals surface area contributed by atoms with Crippen molar-refractivity contribution in [3.05, 3.63) is 23.2 Å². The van der Waals surface area contributed by atoms with Crippen LogP contribution < -0.4 is 0 Å². The Morgan fingerprint density at radius 1 is 1.67 bits per heavy atom. The molecule has 0 saturated carbocycles. The van der Waals surface area contributed by atoms with E-state index in [-0.39, 0.29) is 0 Å². The predicted octanol–water partition coefficient (Wildman–Crippen LogP) is 0.747. The monoisotopic (exact) mass is 117 g/mol. The van der Waals surface area contributed by atoms with Crippen molar-refractivity contribution in [2.24, 2.45) is 0 Å². The smallest absolute Gasteiger partial charge is 0.138 e. The molecule has 0 N–H and O–H groups in total. The third-order valence-electron chi connectivity index (χ3n) is 1.43. The molecular weight excluding hydrogens is 109 g/mol. The maximum absolute atomic E-state index is 8.46.